The number of hydrogen-bond acceptors (Lipinski definition) is 3. The summed E-state index contributed by atoms with van der Waals surface area (Å²) in [7, 11) is 0. The normalized spacial score (nSPS) is 31.2. The van der Waals surface area contributed by atoms with Crippen LogP contribution in [0.5, 0.6) is 0 Å². The quantitative estimate of drug-likeness (QED) is 0.669. The van der Waals surface area contributed by atoms with E-state index in [0.29, 0.717) is 19.4 Å². The standard InChI is InChI=1S/C8H15F2NO2/c9-7(10)4-11-3-1-2-8(13,5-11)6-12/h7,12-13H,1-6H2. The van der Waals surface area contributed by atoms with Crippen molar-refractivity contribution in [1.82, 2.24) is 4.90 Å². The number of halogens is 2. The van der Waals surface area contributed by atoms with Crippen molar-refractivity contribution in [3.8, 4) is 0 Å². The summed E-state index contributed by atoms with van der Waals surface area (Å²) < 4.78 is 24.0. The fraction of sp³-hybridized carbons (Fsp3) is 1.00. The number of likely N-dealkylation sites (tertiary alicyclic amines) is 1. The summed E-state index contributed by atoms with van der Waals surface area (Å²) in [6.45, 7) is 0.0511. The van der Waals surface area contributed by atoms with E-state index >= 15 is 0 Å². The van der Waals surface area contributed by atoms with Gasteiger partial charge in [0.25, 0.3) is 6.43 Å². The maximum atomic E-state index is 12.0. The van der Waals surface area contributed by atoms with Crippen LogP contribution in [0.15, 0.2) is 0 Å². The molecular weight excluding hydrogens is 180 g/mol. The number of rotatable bonds is 3. The average Bonchev–Trinajstić information content (AvgIpc) is 2.03. The molecule has 0 radical (unpaired) electrons. The molecule has 1 aliphatic heterocycles. The highest BCUT2D eigenvalue weighted by molar-refractivity contribution is 4.86. The second-order valence-corrected chi connectivity index (χ2v) is 3.61. The molecular formula is C8H15F2NO2. The molecule has 5 heteroatoms. The van der Waals surface area contributed by atoms with Gasteiger partial charge in [0.15, 0.2) is 0 Å². The number of aliphatic hydroxyl groups is 2. The van der Waals surface area contributed by atoms with Gasteiger partial charge in [-0.05, 0) is 19.4 Å². The number of alkyl halides is 2. The lowest BCUT2D eigenvalue weighted by Gasteiger charge is -2.37. The van der Waals surface area contributed by atoms with Crippen molar-refractivity contribution in [2.45, 2.75) is 24.9 Å². The molecule has 1 heterocycles. The van der Waals surface area contributed by atoms with Crippen molar-refractivity contribution in [1.29, 1.82) is 0 Å². The van der Waals surface area contributed by atoms with Gasteiger partial charge in [0.2, 0.25) is 0 Å². The van der Waals surface area contributed by atoms with Crippen LogP contribution < -0.4 is 0 Å². The van der Waals surface area contributed by atoms with Crippen molar-refractivity contribution >= 4 is 0 Å². The second kappa shape index (κ2) is 4.30. The molecule has 0 spiro atoms. The minimum atomic E-state index is -2.37. The van der Waals surface area contributed by atoms with Crippen LogP contribution in [0.4, 0.5) is 8.78 Å². The number of hydrogen-bond donors (Lipinski definition) is 2. The topological polar surface area (TPSA) is 43.7 Å². The molecule has 1 rings (SSSR count). The van der Waals surface area contributed by atoms with E-state index < -0.39 is 12.0 Å². The highest BCUT2D eigenvalue weighted by Crippen LogP contribution is 2.20. The van der Waals surface area contributed by atoms with E-state index in [-0.39, 0.29) is 19.7 Å². The molecule has 0 amide bonds. The van der Waals surface area contributed by atoms with E-state index in [9.17, 15) is 13.9 Å². The van der Waals surface area contributed by atoms with Gasteiger partial charge in [-0.1, -0.05) is 0 Å². The van der Waals surface area contributed by atoms with Crippen LogP contribution in [-0.2, 0) is 0 Å². The van der Waals surface area contributed by atoms with Crippen LogP contribution in [-0.4, -0.2) is 53.4 Å². The molecule has 0 bridgehead atoms. The maximum Gasteiger partial charge on any atom is 0.251 e. The molecule has 1 atom stereocenters. The minimum absolute atomic E-state index is 0.147. The Bertz CT molecular complexity index is 168. The Labute approximate surface area is 76.0 Å². The van der Waals surface area contributed by atoms with E-state index in [4.69, 9.17) is 5.11 Å². The molecule has 3 nitrogen and oxygen atoms in total. The van der Waals surface area contributed by atoms with Gasteiger partial charge in [0, 0.05) is 6.54 Å². The van der Waals surface area contributed by atoms with E-state index in [2.05, 4.69) is 0 Å². The van der Waals surface area contributed by atoms with Crippen LogP contribution in [0, 0.1) is 0 Å². The lowest BCUT2D eigenvalue weighted by molar-refractivity contribution is -0.0756. The zero-order valence-electron chi connectivity index (χ0n) is 7.42. The van der Waals surface area contributed by atoms with Crippen molar-refractivity contribution < 1.29 is 19.0 Å². The Morgan fingerprint density at radius 1 is 1.46 bits per heavy atom. The molecule has 1 aliphatic rings. The smallest absolute Gasteiger partial charge is 0.251 e. The van der Waals surface area contributed by atoms with Crippen LogP contribution in [0.25, 0.3) is 0 Å². The molecule has 0 saturated carbocycles. The molecule has 0 aromatic carbocycles. The highest BCUT2D eigenvalue weighted by Gasteiger charge is 2.33. The number of aliphatic hydroxyl groups excluding tert-OH is 1. The summed E-state index contributed by atoms with van der Waals surface area (Å²) in [5.41, 5.74) is -1.17. The zero-order chi connectivity index (χ0) is 9.90. The second-order valence-electron chi connectivity index (χ2n) is 3.61. The van der Waals surface area contributed by atoms with Crippen LogP contribution in [0.2, 0.25) is 0 Å². The molecule has 0 aliphatic carbocycles. The van der Waals surface area contributed by atoms with Gasteiger partial charge in [-0.25, -0.2) is 8.78 Å². The van der Waals surface area contributed by atoms with E-state index in [1.54, 1.807) is 0 Å². The molecule has 1 unspecified atom stereocenters. The molecule has 13 heavy (non-hydrogen) atoms. The molecule has 2 N–H and O–H groups in total. The van der Waals surface area contributed by atoms with Gasteiger partial charge in [-0.15, -0.1) is 0 Å². The first-order chi connectivity index (χ1) is 6.06. The molecule has 78 valence electrons. The fourth-order valence-electron chi connectivity index (χ4n) is 1.69. The summed E-state index contributed by atoms with van der Waals surface area (Å²) in [5.74, 6) is 0. The summed E-state index contributed by atoms with van der Waals surface area (Å²) in [6, 6.07) is 0. The summed E-state index contributed by atoms with van der Waals surface area (Å²) in [5, 5.41) is 18.5. The molecule has 1 fully saturated rings. The summed E-state index contributed by atoms with van der Waals surface area (Å²) in [6.07, 6.45) is -1.23. The van der Waals surface area contributed by atoms with Gasteiger partial charge in [-0.3, -0.25) is 4.90 Å². The van der Waals surface area contributed by atoms with E-state index in [0.717, 1.165) is 0 Å². The Morgan fingerprint density at radius 2 is 2.15 bits per heavy atom. The summed E-state index contributed by atoms with van der Waals surface area (Å²) >= 11 is 0. The predicted octanol–water partition coefficient (Wildman–Crippen LogP) is 0.0707. The molecule has 0 aromatic heterocycles. The van der Waals surface area contributed by atoms with Gasteiger partial charge in [0.1, 0.15) is 5.60 Å². The first kappa shape index (κ1) is 10.8. The predicted molar refractivity (Wildman–Crippen MR) is 43.7 cm³/mol. The molecule has 0 aromatic rings. The van der Waals surface area contributed by atoms with Gasteiger partial charge < -0.3 is 10.2 Å². The SMILES string of the molecule is OCC1(O)CCCN(CC(F)F)C1. The zero-order valence-corrected chi connectivity index (χ0v) is 7.42. The van der Waals surface area contributed by atoms with Crippen molar-refractivity contribution in [2.24, 2.45) is 0 Å². The third-order valence-electron chi connectivity index (χ3n) is 2.32. The van der Waals surface area contributed by atoms with Crippen LogP contribution in [0.1, 0.15) is 12.8 Å². The lowest BCUT2D eigenvalue weighted by Crippen LogP contribution is -2.51. The van der Waals surface area contributed by atoms with Crippen molar-refractivity contribution in [3.63, 3.8) is 0 Å². The average molecular weight is 195 g/mol. The number of β-amino-alcohol motifs (C(OH)–C–C–N with tert-alkyl or cyclic N) is 1. The fourth-order valence-corrected chi connectivity index (χ4v) is 1.69. The van der Waals surface area contributed by atoms with Crippen LogP contribution in [0.3, 0.4) is 0 Å². The Kier molecular flexibility index (Phi) is 3.58. The van der Waals surface area contributed by atoms with Crippen LogP contribution >= 0.6 is 0 Å². The van der Waals surface area contributed by atoms with Gasteiger partial charge >= 0.3 is 0 Å². The van der Waals surface area contributed by atoms with Crippen molar-refractivity contribution in [2.75, 3.05) is 26.2 Å². The van der Waals surface area contributed by atoms with Crippen molar-refractivity contribution in [3.05, 3.63) is 0 Å². The lowest BCUT2D eigenvalue weighted by atomic mass is 9.94. The Balaban J connectivity index is 2.42. The van der Waals surface area contributed by atoms with Gasteiger partial charge in [-0.2, -0.15) is 0 Å². The largest absolute Gasteiger partial charge is 0.393 e. The number of nitrogens with zero attached hydrogens (tertiary/aromatic N) is 1. The highest BCUT2D eigenvalue weighted by atomic mass is 19.3. The van der Waals surface area contributed by atoms with E-state index in [1.165, 1.54) is 4.90 Å². The Hall–Kier alpha value is -0.260. The first-order valence-corrected chi connectivity index (χ1v) is 4.39. The number of piperidine rings is 1. The third-order valence-corrected chi connectivity index (χ3v) is 2.32. The summed E-state index contributed by atoms with van der Waals surface area (Å²) in [4.78, 5) is 1.49. The van der Waals surface area contributed by atoms with Gasteiger partial charge in [0.05, 0.1) is 13.2 Å². The third kappa shape index (κ3) is 3.17. The minimum Gasteiger partial charge on any atom is -0.393 e. The first-order valence-electron chi connectivity index (χ1n) is 4.39. The maximum absolute atomic E-state index is 12.0. The monoisotopic (exact) mass is 195 g/mol. The molecule has 1 saturated heterocycles. The Morgan fingerprint density at radius 3 is 2.69 bits per heavy atom. The van der Waals surface area contributed by atoms with E-state index in [1.807, 2.05) is 0 Å².